The van der Waals surface area contributed by atoms with Crippen molar-refractivity contribution in [3.63, 3.8) is 0 Å². The van der Waals surface area contributed by atoms with Crippen LogP contribution in [0.3, 0.4) is 0 Å². The van der Waals surface area contributed by atoms with Crippen molar-refractivity contribution in [1.29, 1.82) is 0 Å². The second-order valence-corrected chi connectivity index (χ2v) is 2.45. The molecule has 15 heavy (non-hydrogen) atoms. The van der Waals surface area contributed by atoms with E-state index in [1.54, 1.807) is 0 Å². The predicted molar refractivity (Wildman–Crippen MR) is 42.3 cm³/mol. The fraction of sp³-hybridized carbons (Fsp3) is 0.250. The van der Waals surface area contributed by atoms with Gasteiger partial charge in [0.2, 0.25) is 0 Å². The predicted octanol–water partition coefficient (Wildman–Crippen LogP) is 1.77. The Morgan fingerprint density at radius 1 is 1.40 bits per heavy atom. The molecule has 82 valence electrons. The molecule has 0 aliphatic carbocycles. The number of nitrogens with zero attached hydrogens (tertiary/aromatic N) is 1. The standard InChI is InChI=1S/C8H6F3NO3/c1-14-7(13)5-2-6(4-12-3-5)15-8(9,10)11/h2-4H,1H3. The summed E-state index contributed by atoms with van der Waals surface area (Å²) in [5.74, 6) is -1.35. The molecule has 0 amide bonds. The molecule has 0 N–H and O–H groups in total. The van der Waals surface area contributed by atoms with E-state index in [2.05, 4.69) is 14.5 Å². The molecule has 0 saturated carbocycles. The van der Waals surface area contributed by atoms with E-state index < -0.39 is 18.1 Å². The lowest BCUT2D eigenvalue weighted by Crippen LogP contribution is -2.17. The van der Waals surface area contributed by atoms with Crippen molar-refractivity contribution < 1.29 is 27.4 Å². The van der Waals surface area contributed by atoms with Crippen LogP contribution in [-0.2, 0) is 4.74 Å². The molecular formula is C8H6F3NO3. The van der Waals surface area contributed by atoms with Gasteiger partial charge in [-0.05, 0) is 6.07 Å². The molecule has 0 bridgehead atoms. The molecule has 4 nitrogen and oxygen atoms in total. The van der Waals surface area contributed by atoms with Crippen LogP contribution in [0.5, 0.6) is 5.75 Å². The highest BCUT2D eigenvalue weighted by atomic mass is 19.4. The molecule has 1 aromatic heterocycles. The number of carbonyl (C=O) groups is 1. The highest BCUT2D eigenvalue weighted by Crippen LogP contribution is 2.22. The van der Waals surface area contributed by atoms with Gasteiger partial charge < -0.3 is 9.47 Å². The largest absolute Gasteiger partial charge is 0.573 e. The van der Waals surface area contributed by atoms with E-state index in [4.69, 9.17) is 0 Å². The summed E-state index contributed by atoms with van der Waals surface area (Å²) in [6.07, 6.45) is -2.88. The average molecular weight is 221 g/mol. The van der Waals surface area contributed by atoms with E-state index in [9.17, 15) is 18.0 Å². The van der Waals surface area contributed by atoms with Crippen LogP contribution in [0.4, 0.5) is 13.2 Å². The number of methoxy groups -OCH3 is 1. The lowest BCUT2D eigenvalue weighted by Gasteiger charge is -2.08. The van der Waals surface area contributed by atoms with Gasteiger partial charge in [-0.2, -0.15) is 0 Å². The van der Waals surface area contributed by atoms with Crippen LogP contribution in [0, 0.1) is 0 Å². The number of rotatable bonds is 2. The first-order valence-corrected chi connectivity index (χ1v) is 3.71. The van der Waals surface area contributed by atoms with Crippen LogP contribution in [-0.4, -0.2) is 24.4 Å². The molecule has 1 rings (SSSR count). The molecule has 0 saturated heterocycles. The zero-order valence-electron chi connectivity index (χ0n) is 7.54. The number of halogens is 3. The summed E-state index contributed by atoms with van der Waals surface area (Å²) < 4.78 is 43.2. The summed E-state index contributed by atoms with van der Waals surface area (Å²) in [6.45, 7) is 0. The van der Waals surface area contributed by atoms with Crippen molar-refractivity contribution in [3.8, 4) is 5.75 Å². The summed E-state index contributed by atoms with van der Waals surface area (Å²) in [5, 5.41) is 0. The van der Waals surface area contributed by atoms with Crippen molar-refractivity contribution in [3.05, 3.63) is 24.0 Å². The zero-order chi connectivity index (χ0) is 11.5. The van der Waals surface area contributed by atoms with Crippen molar-refractivity contribution >= 4 is 5.97 Å². The minimum Gasteiger partial charge on any atom is -0.465 e. The Kier molecular flexibility index (Phi) is 3.13. The van der Waals surface area contributed by atoms with Gasteiger partial charge in [-0.25, -0.2) is 4.79 Å². The van der Waals surface area contributed by atoms with Gasteiger partial charge in [0.15, 0.2) is 0 Å². The van der Waals surface area contributed by atoms with Gasteiger partial charge >= 0.3 is 12.3 Å². The lowest BCUT2D eigenvalue weighted by atomic mass is 10.3. The van der Waals surface area contributed by atoms with E-state index in [0.717, 1.165) is 25.6 Å². The molecule has 0 aromatic carbocycles. The minimum atomic E-state index is -4.81. The Balaban J connectivity index is 2.88. The summed E-state index contributed by atoms with van der Waals surface area (Å²) in [7, 11) is 1.11. The van der Waals surface area contributed by atoms with Gasteiger partial charge in [0.1, 0.15) is 5.75 Å². The first-order valence-electron chi connectivity index (χ1n) is 3.71. The van der Waals surface area contributed by atoms with Crippen LogP contribution in [0.2, 0.25) is 0 Å². The van der Waals surface area contributed by atoms with Crippen molar-refractivity contribution in [2.24, 2.45) is 0 Å². The van der Waals surface area contributed by atoms with E-state index >= 15 is 0 Å². The Morgan fingerprint density at radius 3 is 2.60 bits per heavy atom. The second kappa shape index (κ2) is 4.16. The highest BCUT2D eigenvalue weighted by molar-refractivity contribution is 5.89. The molecule has 0 aliphatic rings. The van der Waals surface area contributed by atoms with Crippen molar-refractivity contribution in [1.82, 2.24) is 4.98 Å². The van der Waals surface area contributed by atoms with Crippen LogP contribution < -0.4 is 4.74 Å². The SMILES string of the molecule is COC(=O)c1cncc(OC(F)(F)F)c1. The van der Waals surface area contributed by atoms with Crippen LogP contribution in [0.25, 0.3) is 0 Å². The number of hydrogen-bond donors (Lipinski definition) is 0. The normalized spacial score (nSPS) is 10.9. The third-order valence-electron chi connectivity index (χ3n) is 1.37. The lowest BCUT2D eigenvalue weighted by molar-refractivity contribution is -0.274. The maximum Gasteiger partial charge on any atom is 0.573 e. The summed E-state index contributed by atoms with van der Waals surface area (Å²) in [6, 6.07) is 0.895. The Morgan fingerprint density at radius 2 is 2.07 bits per heavy atom. The molecule has 0 aliphatic heterocycles. The van der Waals surface area contributed by atoms with Gasteiger partial charge in [-0.1, -0.05) is 0 Å². The Bertz CT molecular complexity index is 364. The van der Waals surface area contributed by atoms with Gasteiger partial charge in [-0.3, -0.25) is 4.98 Å². The molecule has 0 spiro atoms. The number of alkyl halides is 3. The first-order chi connectivity index (χ1) is 6.92. The summed E-state index contributed by atoms with van der Waals surface area (Å²) >= 11 is 0. The zero-order valence-corrected chi connectivity index (χ0v) is 7.54. The Labute approximate surface area is 82.6 Å². The smallest absolute Gasteiger partial charge is 0.465 e. The fourth-order valence-electron chi connectivity index (χ4n) is 0.838. The minimum absolute atomic E-state index is 0.112. The molecule has 1 heterocycles. The number of hydrogen-bond acceptors (Lipinski definition) is 4. The van der Waals surface area contributed by atoms with Crippen LogP contribution in [0.1, 0.15) is 10.4 Å². The summed E-state index contributed by atoms with van der Waals surface area (Å²) in [4.78, 5) is 14.3. The monoisotopic (exact) mass is 221 g/mol. The second-order valence-electron chi connectivity index (χ2n) is 2.45. The quantitative estimate of drug-likeness (QED) is 0.714. The number of aromatic nitrogens is 1. The number of carbonyl (C=O) groups excluding carboxylic acids is 1. The Hall–Kier alpha value is -1.79. The molecule has 0 atom stereocenters. The van der Waals surface area contributed by atoms with Gasteiger partial charge in [-0.15, -0.1) is 13.2 Å². The van der Waals surface area contributed by atoms with E-state index in [-0.39, 0.29) is 5.56 Å². The molecule has 1 aromatic rings. The number of esters is 1. The van der Waals surface area contributed by atoms with Gasteiger partial charge in [0.05, 0.1) is 18.9 Å². The van der Waals surface area contributed by atoms with E-state index in [1.165, 1.54) is 0 Å². The third kappa shape index (κ3) is 3.45. The van der Waals surface area contributed by atoms with Crippen molar-refractivity contribution in [2.45, 2.75) is 6.36 Å². The molecule has 7 heteroatoms. The van der Waals surface area contributed by atoms with Crippen LogP contribution >= 0.6 is 0 Å². The fourth-order valence-corrected chi connectivity index (χ4v) is 0.838. The topological polar surface area (TPSA) is 48.4 Å². The maximum atomic E-state index is 11.8. The van der Waals surface area contributed by atoms with Crippen molar-refractivity contribution in [2.75, 3.05) is 7.11 Å². The maximum absolute atomic E-state index is 11.8. The van der Waals surface area contributed by atoms with E-state index in [0.29, 0.717) is 0 Å². The molecule has 0 radical (unpaired) electrons. The first kappa shape index (κ1) is 11.3. The van der Waals surface area contributed by atoms with E-state index in [1.807, 2.05) is 0 Å². The molecule has 0 fully saturated rings. The molecule has 0 unspecified atom stereocenters. The van der Waals surface area contributed by atoms with Gasteiger partial charge in [0, 0.05) is 6.20 Å². The molecular weight excluding hydrogens is 215 g/mol. The highest BCUT2D eigenvalue weighted by Gasteiger charge is 2.31. The summed E-state index contributed by atoms with van der Waals surface area (Å²) in [5.41, 5.74) is -0.112. The number of pyridine rings is 1. The average Bonchev–Trinajstić information content (AvgIpc) is 2.14. The number of ether oxygens (including phenoxy) is 2. The third-order valence-corrected chi connectivity index (χ3v) is 1.37. The van der Waals surface area contributed by atoms with Crippen LogP contribution in [0.15, 0.2) is 18.5 Å². The van der Waals surface area contributed by atoms with Gasteiger partial charge in [0.25, 0.3) is 0 Å².